The Balaban J connectivity index is 2.08. The second kappa shape index (κ2) is 4.37. The Labute approximate surface area is 96.2 Å². The van der Waals surface area contributed by atoms with Gasteiger partial charge >= 0.3 is 0 Å². The van der Waals surface area contributed by atoms with Crippen LogP contribution in [0.15, 0.2) is 6.33 Å². The predicted molar refractivity (Wildman–Crippen MR) is 62.4 cm³/mol. The average Bonchev–Trinajstić information content (AvgIpc) is 2.75. The second-order valence-electron chi connectivity index (χ2n) is 4.75. The van der Waals surface area contributed by atoms with Gasteiger partial charge in [-0.25, -0.2) is 9.97 Å². The normalized spacial score (nSPS) is 17.9. The van der Waals surface area contributed by atoms with Crippen LogP contribution in [0.1, 0.15) is 37.9 Å². The quantitative estimate of drug-likeness (QED) is 0.836. The lowest BCUT2D eigenvalue weighted by atomic mass is 10.0. The van der Waals surface area contributed by atoms with Gasteiger partial charge in [0.05, 0.1) is 5.69 Å². The fourth-order valence-corrected chi connectivity index (χ4v) is 1.79. The molecule has 0 saturated heterocycles. The van der Waals surface area contributed by atoms with Crippen molar-refractivity contribution in [2.45, 2.75) is 45.1 Å². The zero-order valence-corrected chi connectivity index (χ0v) is 9.99. The van der Waals surface area contributed by atoms with E-state index in [2.05, 4.69) is 16.9 Å². The third-order valence-corrected chi connectivity index (χ3v) is 3.18. The van der Waals surface area contributed by atoms with E-state index in [1.807, 2.05) is 6.92 Å². The van der Waals surface area contributed by atoms with Crippen LogP contribution in [-0.4, -0.2) is 22.1 Å². The molecule has 1 aliphatic rings. The summed E-state index contributed by atoms with van der Waals surface area (Å²) >= 11 is 0. The van der Waals surface area contributed by atoms with Crippen LogP contribution in [0, 0.1) is 0 Å². The van der Waals surface area contributed by atoms with Crippen LogP contribution in [-0.2, 0) is 12.8 Å². The summed E-state index contributed by atoms with van der Waals surface area (Å²) in [4.78, 5) is 8.46. The molecule has 0 spiro atoms. The number of rotatable bonds is 4. The lowest BCUT2D eigenvalue weighted by Crippen LogP contribution is -2.41. The zero-order chi connectivity index (χ0) is 11.6. The third kappa shape index (κ3) is 2.32. The second-order valence-corrected chi connectivity index (χ2v) is 4.75. The molecular weight excluding hydrogens is 202 g/mol. The van der Waals surface area contributed by atoms with Gasteiger partial charge < -0.3 is 10.5 Å². The van der Waals surface area contributed by atoms with E-state index < -0.39 is 0 Å². The third-order valence-electron chi connectivity index (χ3n) is 3.18. The highest BCUT2D eigenvalue weighted by Gasteiger charge is 2.21. The molecule has 0 aliphatic heterocycles. The van der Waals surface area contributed by atoms with E-state index in [1.54, 1.807) is 6.33 Å². The van der Waals surface area contributed by atoms with Gasteiger partial charge in [0.1, 0.15) is 12.9 Å². The molecule has 1 aliphatic carbocycles. The fourth-order valence-electron chi connectivity index (χ4n) is 1.79. The maximum atomic E-state index is 6.04. The van der Waals surface area contributed by atoms with Crippen molar-refractivity contribution in [1.82, 2.24) is 9.97 Å². The first-order valence-electron chi connectivity index (χ1n) is 5.87. The molecule has 1 aromatic rings. The Hall–Kier alpha value is -1.16. The van der Waals surface area contributed by atoms with Gasteiger partial charge in [0.2, 0.25) is 5.88 Å². The van der Waals surface area contributed by atoms with Crippen LogP contribution in [0.3, 0.4) is 0 Å². The molecule has 0 radical (unpaired) electrons. The summed E-state index contributed by atoms with van der Waals surface area (Å²) < 4.78 is 5.73. The highest BCUT2D eigenvalue weighted by atomic mass is 16.5. The van der Waals surface area contributed by atoms with E-state index in [-0.39, 0.29) is 5.54 Å². The van der Waals surface area contributed by atoms with Crippen molar-refractivity contribution in [3.63, 3.8) is 0 Å². The lowest BCUT2D eigenvalue weighted by molar-refractivity contribution is 0.216. The summed E-state index contributed by atoms with van der Waals surface area (Å²) in [6.07, 6.45) is 5.69. The molecule has 1 atom stereocenters. The topological polar surface area (TPSA) is 61.0 Å². The lowest BCUT2D eigenvalue weighted by Gasteiger charge is -2.22. The molecule has 0 bridgehead atoms. The Morgan fingerprint density at radius 3 is 3.00 bits per heavy atom. The molecule has 0 amide bonds. The van der Waals surface area contributed by atoms with Crippen LogP contribution < -0.4 is 10.5 Å². The number of hydrogen-bond acceptors (Lipinski definition) is 4. The van der Waals surface area contributed by atoms with Crippen molar-refractivity contribution in [2.24, 2.45) is 5.73 Å². The SMILES string of the molecule is CCC(C)(N)COc1ncnc2c1CCC2. The molecule has 4 nitrogen and oxygen atoms in total. The molecule has 0 fully saturated rings. The Morgan fingerprint density at radius 1 is 1.44 bits per heavy atom. The number of nitrogens with zero attached hydrogens (tertiary/aromatic N) is 2. The highest BCUT2D eigenvalue weighted by molar-refractivity contribution is 5.33. The number of aryl methyl sites for hydroxylation is 1. The van der Waals surface area contributed by atoms with Gasteiger partial charge in [0.15, 0.2) is 0 Å². The first-order chi connectivity index (χ1) is 7.62. The molecule has 4 heteroatoms. The van der Waals surface area contributed by atoms with E-state index >= 15 is 0 Å². The summed E-state index contributed by atoms with van der Waals surface area (Å²) in [5, 5.41) is 0. The van der Waals surface area contributed by atoms with Gasteiger partial charge in [-0.3, -0.25) is 0 Å². The van der Waals surface area contributed by atoms with Crippen molar-refractivity contribution >= 4 is 0 Å². The van der Waals surface area contributed by atoms with Gasteiger partial charge in [-0.05, 0) is 32.6 Å². The molecule has 16 heavy (non-hydrogen) atoms. The maximum absolute atomic E-state index is 6.04. The number of fused-ring (bicyclic) bond motifs is 1. The molecule has 88 valence electrons. The predicted octanol–water partition coefficient (Wildman–Crippen LogP) is 1.47. The average molecular weight is 221 g/mol. The van der Waals surface area contributed by atoms with Crippen molar-refractivity contribution in [2.75, 3.05) is 6.61 Å². The highest BCUT2D eigenvalue weighted by Crippen LogP contribution is 2.27. The largest absolute Gasteiger partial charge is 0.475 e. The zero-order valence-electron chi connectivity index (χ0n) is 9.99. The standard InChI is InChI=1S/C12H19N3O/c1-3-12(2,13)7-16-11-9-5-4-6-10(9)14-8-15-11/h8H,3-7,13H2,1-2H3. The monoisotopic (exact) mass is 221 g/mol. The van der Waals surface area contributed by atoms with Crippen LogP contribution in [0.2, 0.25) is 0 Å². The van der Waals surface area contributed by atoms with Gasteiger partial charge in [-0.2, -0.15) is 0 Å². The Bertz CT molecular complexity index is 377. The first-order valence-corrected chi connectivity index (χ1v) is 5.87. The van der Waals surface area contributed by atoms with Crippen molar-refractivity contribution in [3.05, 3.63) is 17.6 Å². The minimum Gasteiger partial charge on any atom is -0.475 e. The van der Waals surface area contributed by atoms with Crippen LogP contribution in [0.25, 0.3) is 0 Å². The van der Waals surface area contributed by atoms with Gasteiger partial charge in [0, 0.05) is 11.1 Å². The van der Waals surface area contributed by atoms with E-state index in [4.69, 9.17) is 10.5 Å². The Morgan fingerprint density at radius 2 is 2.25 bits per heavy atom. The van der Waals surface area contributed by atoms with Gasteiger partial charge in [-0.15, -0.1) is 0 Å². The van der Waals surface area contributed by atoms with Crippen molar-refractivity contribution < 1.29 is 4.74 Å². The van der Waals surface area contributed by atoms with Crippen LogP contribution in [0.5, 0.6) is 5.88 Å². The van der Waals surface area contributed by atoms with E-state index in [1.165, 1.54) is 5.56 Å². The summed E-state index contributed by atoms with van der Waals surface area (Å²) in [5.74, 6) is 0.729. The molecule has 2 rings (SSSR count). The fraction of sp³-hybridized carbons (Fsp3) is 0.667. The maximum Gasteiger partial charge on any atom is 0.219 e. The molecular formula is C12H19N3O. The molecule has 0 aromatic carbocycles. The number of hydrogen-bond donors (Lipinski definition) is 1. The molecule has 1 heterocycles. The van der Waals surface area contributed by atoms with Gasteiger partial charge in [-0.1, -0.05) is 6.92 Å². The van der Waals surface area contributed by atoms with Crippen LogP contribution >= 0.6 is 0 Å². The molecule has 0 saturated carbocycles. The molecule has 1 aromatic heterocycles. The molecule has 2 N–H and O–H groups in total. The molecule has 1 unspecified atom stereocenters. The van der Waals surface area contributed by atoms with Crippen LogP contribution in [0.4, 0.5) is 0 Å². The Kier molecular flexibility index (Phi) is 3.10. The minimum absolute atomic E-state index is 0.281. The number of ether oxygens (including phenoxy) is 1. The summed E-state index contributed by atoms with van der Waals surface area (Å²) in [5.41, 5.74) is 8.07. The summed E-state index contributed by atoms with van der Waals surface area (Å²) in [6, 6.07) is 0. The summed E-state index contributed by atoms with van der Waals surface area (Å²) in [6.45, 7) is 4.56. The van der Waals surface area contributed by atoms with E-state index in [0.717, 1.165) is 37.3 Å². The van der Waals surface area contributed by atoms with E-state index in [0.29, 0.717) is 6.61 Å². The van der Waals surface area contributed by atoms with Crippen molar-refractivity contribution in [1.29, 1.82) is 0 Å². The number of nitrogens with two attached hydrogens (primary N) is 1. The van der Waals surface area contributed by atoms with Gasteiger partial charge in [0.25, 0.3) is 0 Å². The first kappa shape index (κ1) is 11.3. The minimum atomic E-state index is -0.281. The van der Waals surface area contributed by atoms with E-state index in [9.17, 15) is 0 Å². The smallest absolute Gasteiger partial charge is 0.219 e. The number of aromatic nitrogens is 2. The summed E-state index contributed by atoms with van der Waals surface area (Å²) in [7, 11) is 0. The van der Waals surface area contributed by atoms with Crippen molar-refractivity contribution in [3.8, 4) is 5.88 Å².